The molecule has 1 amide bonds. The Morgan fingerprint density at radius 2 is 1.82 bits per heavy atom. The Hall–Kier alpha value is -3.58. The number of benzene rings is 3. The Balaban J connectivity index is 1.62. The molecule has 6 nitrogen and oxygen atoms in total. The fourth-order valence-electron chi connectivity index (χ4n) is 2.95. The molecule has 138 valence electrons. The Bertz CT molecular complexity index is 1180. The van der Waals surface area contributed by atoms with Crippen molar-refractivity contribution in [2.75, 3.05) is 5.32 Å². The molecule has 28 heavy (non-hydrogen) atoms. The molecule has 0 atom stereocenters. The van der Waals surface area contributed by atoms with Crippen LogP contribution in [0.1, 0.15) is 15.9 Å². The number of hydrogen-bond acceptors (Lipinski definition) is 5. The van der Waals surface area contributed by atoms with Crippen molar-refractivity contribution in [1.29, 1.82) is 0 Å². The summed E-state index contributed by atoms with van der Waals surface area (Å²) in [6.07, 6.45) is 0. The minimum absolute atomic E-state index is 0.0298. The molecular formula is C21H15N3O3S. The highest BCUT2D eigenvalue weighted by molar-refractivity contribution is 7.21. The van der Waals surface area contributed by atoms with E-state index in [1.165, 1.54) is 18.2 Å². The normalized spacial score (nSPS) is 10.8. The van der Waals surface area contributed by atoms with Crippen LogP contribution in [0.2, 0.25) is 0 Å². The average Bonchev–Trinajstić information content (AvgIpc) is 3.13. The van der Waals surface area contributed by atoms with Gasteiger partial charge in [-0.1, -0.05) is 24.3 Å². The van der Waals surface area contributed by atoms with Gasteiger partial charge in [0.1, 0.15) is 10.6 Å². The summed E-state index contributed by atoms with van der Waals surface area (Å²) in [6.45, 7) is 1.88. The highest BCUT2D eigenvalue weighted by Gasteiger charge is 2.19. The van der Waals surface area contributed by atoms with Gasteiger partial charge in [0.25, 0.3) is 11.6 Å². The number of nitrogens with zero attached hydrogens (tertiary/aromatic N) is 2. The van der Waals surface area contributed by atoms with Crippen LogP contribution in [0, 0.1) is 17.0 Å². The number of carbonyl (C=O) groups excluding carboxylic acids is 1. The molecule has 0 saturated carbocycles. The largest absolute Gasteiger partial charge is 0.322 e. The zero-order valence-corrected chi connectivity index (χ0v) is 15.7. The van der Waals surface area contributed by atoms with Gasteiger partial charge in [0.2, 0.25) is 0 Å². The van der Waals surface area contributed by atoms with Crippen LogP contribution in [-0.2, 0) is 0 Å². The fourth-order valence-corrected chi connectivity index (χ4v) is 3.91. The Labute approximate surface area is 164 Å². The molecule has 4 aromatic rings. The number of amides is 1. The minimum atomic E-state index is -0.558. The summed E-state index contributed by atoms with van der Waals surface area (Å²) >= 11 is 1.61. The summed E-state index contributed by atoms with van der Waals surface area (Å²) < 4.78 is 1.11. The highest BCUT2D eigenvalue weighted by atomic mass is 32.1. The van der Waals surface area contributed by atoms with Gasteiger partial charge in [-0.2, -0.15) is 0 Å². The van der Waals surface area contributed by atoms with Crippen LogP contribution in [0.3, 0.4) is 0 Å². The van der Waals surface area contributed by atoms with Gasteiger partial charge in [0.15, 0.2) is 0 Å². The van der Waals surface area contributed by atoms with Crippen molar-refractivity contribution in [2.45, 2.75) is 6.92 Å². The maximum Gasteiger partial charge on any atom is 0.282 e. The maximum absolute atomic E-state index is 12.5. The number of para-hydroxylation sites is 2. The zero-order valence-electron chi connectivity index (χ0n) is 14.9. The predicted molar refractivity (Wildman–Crippen MR) is 111 cm³/mol. The molecule has 0 spiro atoms. The third-order valence-electron chi connectivity index (χ3n) is 4.36. The van der Waals surface area contributed by atoms with Crippen molar-refractivity contribution in [1.82, 2.24) is 4.98 Å². The number of anilines is 1. The maximum atomic E-state index is 12.5. The number of aryl methyl sites for hydroxylation is 1. The van der Waals surface area contributed by atoms with Crippen molar-refractivity contribution in [3.63, 3.8) is 0 Å². The number of nitro groups is 1. The lowest BCUT2D eigenvalue weighted by Crippen LogP contribution is -2.14. The highest BCUT2D eigenvalue weighted by Crippen LogP contribution is 2.32. The smallest absolute Gasteiger partial charge is 0.282 e. The lowest BCUT2D eigenvalue weighted by molar-refractivity contribution is -0.385. The molecule has 0 saturated heterocycles. The molecule has 1 heterocycles. The van der Waals surface area contributed by atoms with Crippen LogP contribution < -0.4 is 5.32 Å². The number of fused-ring (bicyclic) bond motifs is 1. The van der Waals surface area contributed by atoms with E-state index in [-0.39, 0.29) is 11.3 Å². The van der Waals surface area contributed by atoms with Gasteiger partial charge in [-0.15, -0.1) is 11.3 Å². The molecule has 3 aromatic carbocycles. The molecule has 0 bridgehead atoms. The number of thiazole rings is 1. The SMILES string of the molecule is Cc1cc(-c2nc3ccccc3s2)ccc1NC(=O)c1ccccc1[N+](=O)[O-]. The quantitative estimate of drug-likeness (QED) is 0.372. The van der Waals surface area contributed by atoms with Crippen molar-refractivity contribution in [2.24, 2.45) is 0 Å². The van der Waals surface area contributed by atoms with Gasteiger partial charge in [0, 0.05) is 17.3 Å². The molecule has 0 unspecified atom stereocenters. The summed E-state index contributed by atoms with van der Waals surface area (Å²) in [5.41, 5.74) is 3.18. The summed E-state index contributed by atoms with van der Waals surface area (Å²) in [4.78, 5) is 27.8. The first-order valence-corrected chi connectivity index (χ1v) is 9.36. The van der Waals surface area contributed by atoms with Crippen LogP contribution in [0.15, 0.2) is 66.7 Å². The van der Waals surface area contributed by atoms with Crippen LogP contribution in [-0.4, -0.2) is 15.8 Å². The first kappa shape index (κ1) is 17.8. The number of nitro benzene ring substituents is 1. The van der Waals surface area contributed by atoms with Gasteiger partial charge in [0.05, 0.1) is 15.1 Å². The molecular weight excluding hydrogens is 374 g/mol. The summed E-state index contributed by atoms with van der Waals surface area (Å²) in [6, 6.07) is 19.5. The van der Waals surface area contributed by atoms with Crippen LogP contribution in [0.5, 0.6) is 0 Å². The van der Waals surface area contributed by atoms with Crippen molar-refractivity contribution < 1.29 is 9.72 Å². The first-order chi connectivity index (χ1) is 13.5. The lowest BCUT2D eigenvalue weighted by atomic mass is 10.1. The predicted octanol–water partition coefficient (Wildman–Crippen LogP) is 5.43. The third-order valence-corrected chi connectivity index (χ3v) is 5.45. The lowest BCUT2D eigenvalue weighted by Gasteiger charge is -2.10. The second-order valence-corrected chi connectivity index (χ2v) is 7.28. The zero-order chi connectivity index (χ0) is 19.7. The van der Waals surface area contributed by atoms with Gasteiger partial charge in [-0.3, -0.25) is 14.9 Å². The van der Waals surface area contributed by atoms with Crippen molar-refractivity contribution in [3.8, 4) is 10.6 Å². The van der Waals surface area contributed by atoms with E-state index in [4.69, 9.17) is 0 Å². The number of carbonyl (C=O) groups is 1. The second kappa shape index (κ2) is 7.21. The molecule has 0 radical (unpaired) electrons. The van der Waals surface area contributed by atoms with Crippen LogP contribution in [0.25, 0.3) is 20.8 Å². The number of rotatable bonds is 4. The van der Waals surface area contributed by atoms with Crippen molar-refractivity contribution >= 4 is 38.8 Å². The van der Waals surface area contributed by atoms with Gasteiger partial charge in [-0.25, -0.2) is 4.98 Å². The topological polar surface area (TPSA) is 85.1 Å². The van der Waals surface area contributed by atoms with E-state index in [1.54, 1.807) is 23.5 Å². The molecule has 0 aliphatic heterocycles. The van der Waals surface area contributed by atoms with Gasteiger partial charge < -0.3 is 5.32 Å². The summed E-state index contributed by atoms with van der Waals surface area (Å²) in [5, 5.41) is 14.8. The van der Waals surface area contributed by atoms with E-state index in [2.05, 4.69) is 10.3 Å². The van der Waals surface area contributed by atoms with E-state index < -0.39 is 10.8 Å². The molecule has 1 aromatic heterocycles. The van der Waals surface area contributed by atoms with E-state index in [1.807, 2.05) is 43.3 Å². The van der Waals surface area contributed by atoms with E-state index in [0.717, 1.165) is 26.4 Å². The minimum Gasteiger partial charge on any atom is -0.322 e. The molecule has 0 aliphatic carbocycles. The van der Waals surface area contributed by atoms with Gasteiger partial charge >= 0.3 is 0 Å². The first-order valence-electron chi connectivity index (χ1n) is 8.54. The number of nitrogens with one attached hydrogen (secondary N) is 1. The van der Waals surface area contributed by atoms with Gasteiger partial charge in [-0.05, 0) is 48.9 Å². The fraction of sp³-hybridized carbons (Fsp3) is 0.0476. The summed E-state index contributed by atoms with van der Waals surface area (Å²) in [5.74, 6) is -0.511. The monoisotopic (exact) mass is 389 g/mol. The Kier molecular flexibility index (Phi) is 4.58. The van der Waals surface area contributed by atoms with E-state index in [9.17, 15) is 14.9 Å². The third kappa shape index (κ3) is 3.35. The van der Waals surface area contributed by atoms with Crippen molar-refractivity contribution in [3.05, 3.63) is 88.0 Å². The van der Waals surface area contributed by atoms with Crippen LogP contribution in [0.4, 0.5) is 11.4 Å². The molecule has 7 heteroatoms. The molecule has 4 rings (SSSR count). The van der Waals surface area contributed by atoms with Crippen LogP contribution >= 0.6 is 11.3 Å². The average molecular weight is 389 g/mol. The molecule has 0 aliphatic rings. The number of hydrogen-bond donors (Lipinski definition) is 1. The Morgan fingerprint density at radius 3 is 2.57 bits per heavy atom. The van der Waals surface area contributed by atoms with E-state index >= 15 is 0 Å². The second-order valence-electron chi connectivity index (χ2n) is 6.24. The Morgan fingerprint density at radius 1 is 1.07 bits per heavy atom. The molecule has 0 fully saturated rings. The number of aromatic nitrogens is 1. The van der Waals surface area contributed by atoms with E-state index in [0.29, 0.717) is 5.69 Å². The molecule has 1 N–H and O–H groups in total. The standard InChI is InChI=1S/C21H15N3O3S/c1-13-12-14(21-23-17-7-3-5-9-19(17)28-21)10-11-16(13)22-20(25)15-6-2-4-8-18(15)24(26)27/h2-12H,1H3,(H,22,25). The summed E-state index contributed by atoms with van der Waals surface area (Å²) in [7, 11) is 0.